The van der Waals surface area contributed by atoms with E-state index in [1.54, 1.807) is 34.4 Å². The van der Waals surface area contributed by atoms with Crippen LogP contribution in [-0.4, -0.2) is 50.9 Å². The molecule has 2 atom stereocenters. The molecule has 1 saturated heterocycles. The molecule has 3 aromatic rings. The summed E-state index contributed by atoms with van der Waals surface area (Å²) in [5.41, 5.74) is -0.231. The highest BCUT2D eigenvalue weighted by Crippen LogP contribution is 2.57. The lowest BCUT2D eigenvalue weighted by atomic mass is 9.92. The highest BCUT2D eigenvalue weighted by atomic mass is 32.1. The topological polar surface area (TPSA) is 67.6 Å². The Morgan fingerprint density at radius 1 is 1.24 bits per heavy atom. The van der Waals surface area contributed by atoms with Crippen molar-refractivity contribution in [3.8, 4) is 5.75 Å². The van der Waals surface area contributed by atoms with Gasteiger partial charge in [0.05, 0.1) is 5.69 Å². The highest BCUT2D eigenvalue weighted by Gasteiger charge is 2.64. The predicted octanol–water partition coefficient (Wildman–Crippen LogP) is 4.54. The van der Waals surface area contributed by atoms with Gasteiger partial charge < -0.3 is 15.0 Å². The largest absolute Gasteiger partial charge is 0.489 e. The van der Waals surface area contributed by atoms with E-state index in [1.807, 2.05) is 6.92 Å². The molecule has 1 aliphatic heterocycles. The van der Waals surface area contributed by atoms with Crippen LogP contribution in [0.4, 0.5) is 24.1 Å². The normalized spacial score (nSPS) is 26.1. The molecule has 33 heavy (non-hydrogen) atoms. The molecule has 0 radical (unpaired) electrons. The number of nitrogens with zero attached hydrogens (tertiary/aromatic N) is 5. The summed E-state index contributed by atoms with van der Waals surface area (Å²) in [6.07, 6.45) is 0.0178. The zero-order valence-electron chi connectivity index (χ0n) is 18.2. The van der Waals surface area contributed by atoms with Crippen molar-refractivity contribution in [2.45, 2.75) is 44.8 Å². The van der Waals surface area contributed by atoms with E-state index < -0.39 is 11.6 Å². The summed E-state index contributed by atoms with van der Waals surface area (Å²) in [5.74, 6) is 1.78. The van der Waals surface area contributed by atoms with E-state index in [4.69, 9.17) is 4.74 Å². The van der Waals surface area contributed by atoms with Crippen molar-refractivity contribution in [1.29, 1.82) is 0 Å². The van der Waals surface area contributed by atoms with Gasteiger partial charge in [0.1, 0.15) is 17.0 Å². The average Bonchev–Trinajstić information content (AvgIpc) is 3.20. The van der Waals surface area contributed by atoms with Crippen molar-refractivity contribution in [2.75, 3.05) is 29.9 Å². The molecule has 2 aliphatic carbocycles. The number of pyridine rings is 1. The Kier molecular flexibility index (Phi) is 4.76. The third-order valence-electron chi connectivity index (χ3n) is 7.34. The van der Waals surface area contributed by atoms with Gasteiger partial charge in [0.2, 0.25) is 5.95 Å². The zero-order chi connectivity index (χ0) is 22.8. The molecule has 3 aromatic heterocycles. The SMILES string of the molecule is Cc1cc(N2CC3CCC(C2)C3Nc2nc3c(OCC4(C(F)(F)F)CC4)cccn3n2)sn1. The lowest BCUT2D eigenvalue weighted by Gasteiger charge is -2.38. The molecule has 0 spiro atoms. The number of alkyl halides is 3. The van der Waals surface area contributed by atoms with Crippen molar-refractivity contribution >= 4 is 28.1 Å². The number of piperidine rings is 1. The van der Waals surface area contributed by atoms with Crippen LogP contribution < -0.4 is 15.0 Å². The highest BCUT2D eigenvalue weighted by molar-refractivity contribution is 7.10. The molecule has 3 aliphatic rings. The van der Waals surface area contributed by atoms with Crippen LogP contribution in [0.5, 0.6) is 5.75 Å². The number of aryl methyl sites for hydroxylation is 1. The quantitative estimate of drug-likeness (QED) is 0.561. The van der Waals surface area contributed by atoms with Crippen molar-refractivity contribution < 1.29 is 17.9 Å². The molecule has 3 fully saturated rings. The maximum atomic E-state index is 13.3. The van der Waals surface area contributed by atoms with Gasteiger partial charge in [0.25, 0.3) is 0 Å². The van der Waals surface area contributed by atoms with Crippen LogP contribution in [0.1, 0.15) is 31.4 Å². The van der Waals surface area contributed by atoms with Crippen LogP contribution in [-0.2, 0) is 0 Å². The molecule has 6 rings (SSSR count). The zero-order valence-corrected chi connectivity index (χ0v) is 19.0. The molecule has 4 heterocycles. The van der Waals surface area contributed by atoms with Crippen LogP contribution in [0.2, 0.25) is 0 Å². The van der Waals surface area contributed by atoms with Gasteiger partial charge in [0, 0.05) is 25.3 Å². The standard InChI is InChI=1S/C22H25F3N6OS/c1-13-9-17(33-29-13)30-10-14-4-5-15(11-30)18(14)26-20-27-19-16(3-2-8-31(19)28-20)32-12-21(6-7-21)22(23,24)25/h2-3,8-9,14-15,18H,4-7,10-12H2,1H3,(H,26,28). The van der Waals surface area contributed by atoms with Gasteiger partial charge in [-0.25, -0.2) is 4.52 Å². The molecule has 0 amide bonds. The summed E-state index contributed by atoms with van der Waals surface area (Å²) in [5, 5.41) is 9.28. The fourth-order valence-electron chi connectivity index (χ4n) is 5.22. The van der Waals surface area contributed by atoms with Crippen molar-refractivity contribution in [3.05, 3.63) is 30.1 Å². The lowest BCUT2D eigenvalue weighted by Crippen LogP contribution is -2.48. The summed E-state index contributed by atoms with van der Waals surface area (Å²) < 4.78 is 51.4. The van der Waals surface area contributed by atoms with Crippen LogP contribution in [0.25, 0.3) is 5.65 Å². The number of rotatable bonds is 6. The van der Waals surface area contributed by atoms with E-state index in [-0.39, 0.29) is 25.5 Å². The molecule has 7 nitrogen and oxygen atoms in total. The van der Waals surface area contributed by atoms with E-state index in [1.165, 1.54) is 5.00 Å². The van der Waals surface area contributed by atoms with Gasteiger partial charge in [-0.05, 0) is 74.2 Å². The maximum absolute atomic E-state index is 13.3. The van der Waals surface area contributed by atoms with Crippen molar-refractivity contribution in [2.24, 2.45) is 17.3 Å². The van der Waals surface area contributed by atoms with Crippen LogP contribution >= 0.6 is 11.5 Å². The van der Waals surface area contributed by atoms with Gasteiger partial charge in [-0.3, -0.25) is 0 Å². The Bertz CT molecular complexity index is 1160. The second kappa shape index (κ2) is 7.48. The third-order valence-corrected chi connectivity index (χ3v) is 8.28. The second-order valence-corrected chi connectivity index (χ2v) is 10.4. The van der Waals surface area contributed by atoms with Crippen molar-refractivity contribution in [3.63, 3.8) is 0 Å². The number of nitrogens with one attached hydrogen (secondary N) is 1. The summed E-state index contributed by atoms with van der Waals surface area (Å²) in [7, 11) is 0. The first-order valence-electron chi connectivity index (χ1n) is 11.3. The molecule has 0 aromatic carbocycles. The Balaban J connectivity index is 1.17. The van der Waals surface area contributed by atoms with E-state index in [2.05, 4.69) is 30.7 Å². The fraction of sp³-hybridized carbons (Fsp3) is 0.591. The first kappa shape index (κ1) is 21.0. The summed E-state index contributed by atoms with van der Waals surface area (Å²) in [6, 6.07) is 5.79. The second-order valence-electron chi connectivity index (χ2n) is 9.62. The van der Waals surface area contributed by atoms with Gasteiger partial charge >= 0.3 is 6.18 Å². The lowest BCUT2D eigenvalue weighted by molar-refractivity contribution is -0.194. The number of hydrogen-bond donors (Lipinski definition) is 1. The molecule has 1 N–H and O–H groups in total. The van der Waals surface area contributed by atoms with E-state index in [9.17, 15) is 13.2 Å². The third kappa shape index (κ3) is 3.70. The Hall–Kier alpha value is -2.56. The van der Waals surface area contributed by atoms with Gasteiger partial charge in [-0.15, -0.1) is 5.10 Å². The molecule has 2 saturated carbocycles. The molecule has 2 bridgehead atoms. The van der Waals surface area contributed by atoms with Crippen molar-refractivity contribution in [1.82, 2.24) is 19.0 Å². The van der Waals surface area contributed by atoms with Crippen LogP contribution in [0.15, 0.2) is 24.4 Å². The summed E-state index contributed by atoms with van der Waals surface area (Å²) in [6.45, 7) is 3.57. The predicted molar refractivity (Wildman–Crippen MR) is 119 cm³/mol. The minimum Gasteiger partial charge on any atom is -0.489 e. The van der Waals surface area contributed by atoms with Crippen LogP contribution in [0, 0.1) is 24.2 Å². The number of fused-ring (bicyclic) bond motifs is 3. The van der Waals surface area contributed by atoms with E-state index in [0.717, 1.165) is 31.6 Å². The minimum atomic E-state index is -4.25. The average molecular weight is 479 g/mol. The smallest absolute Gasteiger partial charge is 0.397 e. The van der Waals surface area contributed by atoms with E-state index in [0.29, 0.717) is 29.2 Å². The molecule has 2 unspecified atom stereocenters. The summed E-state index contributed by atoms with van der Waals surface area (Å²) >= 11 is 1.55. The van der Waals surface area contributed by atoms with Gasteiger partial charge in [0.15, 0.2) is 11.4 Å². The molecule has 176 valence electrons. The van der Waals surface area contributed by atoms with Gasteiger partial charge in [-0.1, -0.05) is 0 Å². The Labute approximate surface area is 193 Å². The number of halogens is 3. The number of ether oxygens (including phenoxy) is 1. The first-order valence-corrected chi connectivity index (χ1v) is 12.1. The molecule has 11 heteroatoms. The maximum Gasteiger partial charge on any atom is 0.397 e. The molecular weight excluding hydrogens is 453 g/mol. The Morgan fingerprint density at radius 2 is 2.00 bits per heavy atom. The monoisotopic (exact) mass is 478 g/mol. The fourth-order valence-corrected chi connectivity index (χ4v) is 6.00. The number of aromatic nitrogens is 4. The minimum absolute atomic E-state index is 0.113. The first-order chi connectivity index (χ1) is 15.8. The molecular formula is C22H25F3N6OS. The van der Waals surface area contributed by atoms with Gasteiger partial charge in [-0.2, -0.15) is 22.5 Å². The Morgan fingerprint density at radius 3 is 2.64 bits per heavy atom. The van der Waals surface area contributed by atoms with Crippen LogP contribution in [0.3, 0.4) is 0 Å². The van der Waals surface area contributed by atoms with E-state index >= 15 is 0 Å². The summed E-state index contributed by atoms with van der Waals surface area (Å²) in [4.78, 5) is 7.01. The number of anilines is 2. The number of hydrogen-bond acceptors (Lipinski definition) is 7.